The highest BCUT2D eigenvalue weighted by Crippen LogP contribution is 2.45. The number of fused-ring (bicyclic) bond motifs is 6. The van der Waals surface area contributed by atoms with E-state index in [0.717, 1.165) is 50.4 Å². The summed E-state index contributed by atoms with van der Waals surface area (Å²) in [5, 5.41) is 10.4. The first-order valence-corrected chi connectivity index (χ1v) is 24.4. The highest BCUT2D eigenvalue weighted by atomic mass is 28.3. The molecule has 11 aromatic rings. The lowest BCUT2D eigenvalue weighted by Crippen LogP contribution is -2.56. The van der Waals surface area contributed by atoms with Crippen LogP contribution in [0.15, 0.2) is 223 Å². The number of hydrogen-bond acceptors (Lipinski definition) is 3. The molecule has 2 heterocycles. The standard InChI is InChI=1S/C58H42N2OSi/c1-62(2)55-26-14-22-50-47(40-28-30-44(31-29-40)60(43-19-7-4-8-20-43)53-24-13-23-52-48-21-11-12-25-54(48)61-58(52)53)35-36-51(57(50)55)49-34-33-46(38-56(49)62)59(42-17-5-3-6-18-42)45-32-27-39-15-9-10-16-41(39)37-45/h3-38H,1-2H3. The fraction of sp³-hybridized carbons (Fsp3) is 0.0345. The molecule has 0 fully saturated rings. The number of benzene rings is 10. The average molecular weight is 811 g/mol. The second-order valence-corrected chi connectivity index (χ2v) is 21.2. The van der Waals surface area contributed by atoms with Gasteiger partial charge >= 0.3 is 0 Å². The van der Waals surface area contributed by atoms with Gasteiger partial charge in [0.15, 0.2) is 5.58 Å². The summed E-state index contributed by atoms with van der Waals surface area (Å²) in [7, 11) is -2.19. The van der Waals surface area contributed by atoms with Crippen molar-refractivity contribution in [1.82, 2.24) is 0 Å². The minimum absolute atomic E-state index is 0.880. The van der Waals surface area contributed by atoms with Gasteiger partial charge in [0.2, 0.25) is 0 Å². The van der Waals surface area contributed by atoms with E-state index in [0.29, 0.717) is 0 Å². The molecule has 0 aliphatic carbocycles. The molecule has 0 N–H and O–H groups in total. The van der Waals surface area contributed by atoms with E-state index < -0.39 is 8.07 Å². The zero-order chi connectivity index (χ0) is 41.4. The first-order chi connectivity index (χ1) is 30.5. The Morgan fingerprint density at radius 1 is 0.371 bits per heavy atom. The van der Waals surface area contributed by atoms with Crippen LogP contribution in [0.2, 0.25) is 13.1 Å². The Balaban J connectivity index is 0.959. The number of furan rings is 1. The quantitative estimate of drug-likeness (QED) is 0.150. The minimum atomic E-state index is -2.19. The number of para-hydroxylation sites is 4. The van der Waals surface area contributed by atoms with Crippen LogP contribution in [0.25, 0.3) is 65.7 Å². The van der Waals surface area contributed by atoms with E-state index in [4.69, 9.17) is 4.42 Å². The molecule has 10 aromatic carbocycles. The molecule has 294 valence electrons. The van der Waals surface area contributed by atoms with Crippen molar-refractivity contribution in [1.29, 1.82) is 0 Å². The fourth-order valence-electron chi connectivity index (χ4n) is 10.0. The monoisotopic (exact) mass is 810 g/mol. The predicted molar refractivity (Wildman–Crippen MR) is 266 cm³/mol. The highest BCUT2D eigenvalue weighted by Gasteiger charge is 2.36. The van der Waals surface area contributed by atoms with Gasteiger partial charge in [0.05, 0.1) is 5.69 Å². The molecule has 1 aliphatic rings. The topological polar surface area (TPSA) is 19.6 Å². The van der Waals surface area contributed by atoms with Crippen LogP contribution in [0.1, 0.15) is 0 Å². The van der Waals surface area contributed by atoms with E-state index in [1.807, 2.05) is 12.1 Å². The molecule has 3 nitrogen and oxygen atoms in total. The van der Waals surface area contributed by atoms with Gasteiger partial charge in [-0.15, -0.1) is 0 Å². The van der Waals surface area contributed by atoms with Crippen LogP contribution >= 0.6 is 0 Å². The second kappa shape index (κ2) is 14.2. The van der Waals surface area contributed by atoms with E-state index in [2.05, 4.69) is 229 Å². The van der Waals surface area contributed by atoms with Crippen molar-refractivity contribution >= 4 is 96.1 Å². The molecule has 12 rings (SSSR count). The maximum Gasteiger partial charge on any atom is 0.159 e. The van der Waals surface area contributed by atoms with Gasteiger partial charge in [-0.2, -0.15) is 0 Å². The smallest absolute Gasteiger partial charge is 0.159 e. The zero-order valence-electron chi connectivity index (χ0n) is 34.6. The third-order valence-electron chi connectivity index (χ3n) is 13.0. The molecule has 0 radical (unpaired) electrons. The Kier molecular flexibility index (Phi) is 8.31. The van der Waals surface area contributed by atoms with E-state index in [9.17, 15) is 0 Å². The van der Waals surface area contributed by atoms with Crippen molar-refractivity contribution in [2.75, 3.05) is 9.80 Å². The maximum absolute atomic E-state index is 6.56. The van der Waals surface area contributed by atoms with Gasteiger partial charge in [0.25, 0.3) is 0 Å². The van der Waals surface area contributed by atoms with Gasteiger partial charge in [0, 0.05) is 39.2 Å². The Hall–Kier alpha value is -7.66. The lowest BCUT2D eigenvalue weighted by molar-refractivity contribution is 0.669. The first-order valence-electron chi connectivity index (χ1n) is 21.4. The Morgan fingerprint density at radius 2 is 0.952 bits per heavy atom. The van der Waals surface area contributed by atoms with Gasteiger partial charge in [-0.1, -0.05) is 159 Å². The normalized spacial score (nSPS) is 12.8. The Bertz CT molecular complexity index is 3500. The largest absolute Gasteiger partial charge is 0.454 e. The summed E-state index contributed by atoms with van der Waals surface area (Å²) in [5.41, 5.74) is 13.5. The molecule has 0 saturated heterocycles. The summed E-state index contributed by atoms with van der Waals surface area (Å²) in [4.78, 5) is 4.72. The van der Waals surface area contributed by atoms with Crippen LogP contribution in [0.5, 0.6) is 0 Å². The zero-order valence-corrected chi connectivity index (χ0v) is 35.6. The van der Waals surface area contributed by atoms with Crippen molar-refractivity contribution in [2.24, 2.45) is 0 Å². The number of hydrogen-bond donors (Lipinski definition) is 0. The van der Waals surface area contributed by atoms with Crippen LogP contribution in [-0.4, -0.2) is 8.07 Å². The van der Waals surface area contributed by atoms with Gasteiger partial charge < -0.3 is 14.2 Å². The van der Waals surface area contributed by atoms with Crippen molar-refractivity contribution in [3.63, 3.8) is 0 Å². The summed E-state index contributed by atoms with van der Waals surface area (Å²) in [5.74, 6) is 0. The minimum Gasteiger partial charge on any atom is -0.454 e. The average Bonchev–Trinajstić information content (AvgIpc) is 3.71. The third kappa shape index (κ3) is 5.72. The van der Waals surface area contributed by atoms with E-state index in [-0.39, 0.29) is 0 Å². The molecule has 62 heavy (non-hydrogen) atoms. The van der Waals surface area contributed by atoms with Crippen LogP contribution in [0.4, 0.5) is 34.1 Å². The number of rotatable bonds is 7. The third-order valence-corrected chi connectivity index (χ3v) is 16.5. The van der Waals surface area contributed by atoms with Gasteiger partial charge in [-0.3, -0.25) is 0 Å². The molecule has 0 spiro atoms. The maximum atomic E-state index is 6.56. The van der Waals surface area contributed by atoms with Crippen LogP contribution in [-0.2, 0) is 0 Å². The summed E-state index contributed by atoms with van der Waals surface area (Å²) in [6.45, 7) is 5.05. The van der Waals surface area contributed by atoms with Crippen molar-refractivity contribution < 1.29 is 4.42 Å². The molecule has 0 atom stereocenters. The molecular formula is C58H42N2OSi. The molecular weight excluding hydrogens is 769 g/mol. The molecule has 4 heteroatoms. The van der Waals surface area contributed by atoms with Crippen molar-refractivity contribution in [3.8, 4) is 22.3 Å². The van der Waals surface area contributed by atoms with Crippen LogP contribution in [0, 0.1) is 0 Å². The molecule has 1 aliphatic heterocycles. The molecule has 1 aromatic heterocycles. The fourth-order valence-corrected chi connectivity index (χ4v) is 13.1. The van der Waals surface area contributed by atoms with E-state index in [1.54, 1.807) is 0 Å². The van der Waals surface area contributed by atoms with Crippen LogP contribution < -0.4 is 20.2 Å². The summed E-state index contributed by atoms with van der Waals surface area (Å²) in [6, 6.07) is 79.5. The lowest BCUT2D eigenvalue weighted by Gasteiger charge is -2.35. The summed E-state index contributed by atoms with van der Waals surface area (Å²) >= 11 is 0. The van der Waals surface area contributed by atoms with Gasteiger partial charge in [-0.25, -0.2) is 0 Å². The molecule has 0 saturated carbocycles. The van der Waals surface area contributed by atoms with Gasteiger partial charge in [-0.05, 0) is 127 Å². The molecule has 0 amide bonds. The highest BCUT2D eigenvalue weighted by molar-refractivity contribution is 7.03. The predicted octanol–water partition coefficient (Wildman–Crippen LogP) is 15.3. The van der Waals surface area contributed by atoms with Crippen LogP contribution in [0.3, 0.4) is 0 Å². The SMILES string of the molecule is C[Si]1(C)c2cc(N(c3ccccc3)c3ccc4ccccc4c3)ccc2-c2ccc(-c3ccc(N(c4ccccc4)c4cccc5c4oc4ccccc45)cc3)c3cccc1c23. The molecule has 0 bridgehead atoms. The van der Waals surface area contributed by atoms with E-state index in [1.165, 1.54) is 59.9 Å². The van der Waals surface area contributed by atoms with Gasteiger partial charge in [0.1, 0.15) is 13.7 Å². The summed E-state index contributed by atoms with van der Waals surface area (Å²) < 4.78 is 6.56. The number of anilines is 6. The second-order valence-electron chi connectivity index (χ2n) is 16.9. The molecule has 0 unspecified atom stereocenters. The lowest BCUT2D eigenvalue weighted by atomic mass is 9.91. The van der Waals surface area contributed by atoms with Crippen molar-refractivity contribution in [2.45, 2.75) is 13.1 Å². The van der Waals surface area contributed by atoms with E-state index >= 15 is 0 Å². The Labute approximate surface area is 362 Å². The number of nitrogens with zero attached hydrogens (tertiary/aromatic N) is 2. The Morgan fingerprint density at radius 3 is 1.76 bits per heavy atom. The summed E-state index contributed by atoms with van der Waals surface area (Å²) in [6.07, 6.45) is 0. The van der Waals surface area contributed by atoms with Crippen molar-refractivity contribution in [3.05, 3.63) is 218 Å². The first kappa shape index (κ1) is 36.2.